The fraction of sp³-hybridized carbons (Fsp3) is 0.0769. The molecule has 2 aromatic carbocycles. The summed E-state index contributed by atoms with van der Waals surface area (Å²) in [6.45, 7) is 0. The highest BCUT2D eigenvalue weighted by Crippen LogP contribution is 2.38. The fourth-order valence-corrected chi connectivity index (χ4v) is 1.73. The van der Waals surface area contributed by atoms with Gasteiger partial charge in [0.2, 0.25) is 0 Å². The van der Waals surface area contributed by atoms with E-state index in [2.05, 4.69) is 0 Å². The smallest absolute Gasteiger partial charge is 0.399 e. The predicted molar refractivity (Wildman–Crippen MR) is 65.7 cm³/mol. The number of rotatable bonds is 1. The molecule has 0 radical (unpaired) electrons. The molecule has 18 heavy (non-hydrogen) atoms. The average Bonchev–Trinajstić information content (AvgIpc) is 2.29. The van der Waals surface area contributed by atoms with Crippen LogP contribution in [0.4, 0.5) is 24.5 Å². The van der Waals surface area contributed by atoms with Crippen molar-refractivity contribution in [2.24, 2.45) is 0 Å². The Bertz CT molecular complexity index is 559. The number of benzene rings is 2. The van der Waals surface area contributed by atoms with Crippen molar-refractivity contribution < 1.29 is 13.2 Å². The second-order valence-corrected chi connectivity index (χ2v) is 3.89. The molecule has 0 amide bonds. The quantitative estimate of drug-likeness (QED) is 0.763. The number of anilines is 2. The first-order valence-electron chi connectivity index (χ1n) is 5.21. The van der Waals surface area contributed by atoms with E-state index in [9.17, 15) is 13.2 Å². The number of nitrogens with two attached hydrogens (primary N) is 2. The topological polar surface area (TPSA) is 52.0 Å². The molecule has 5 heteroatoms. The molecule has 2 rings (SSSR count). The summed E-state index contributed by atoms with van der Waals surface area (Å²) in [6, 6.07) is 10.4. The second-order valence-electron chi connectivity index (χ2n) is 3.89. The monoisotopic (exact) mass is 252 g/mol. The van der Waals surface area contributed by atoms with Gasteiger partial charge < -0.3 is 11.5 Å². The number of halogens is 3. The van der Waals surface area contributed by atoms with Gasteiger partial charge in [0, 0.05) is 11.3 Å². The largest absolute Gasteiger partial charge is 0.418 e. The molecule has 0 atom stereocenters. The lowest BCUT2D eigenvalue weighted by Crippen LogP contribution is -2.09. The van der Waals surface area contributed by atoms with Crippen molar-refractivity contribution in [2.75, 3.05) is 11.5 Å². The Labute approximate surface area is 102 Å². The van der Waals surface area contributed by atoms with Crippen LogP contribution in [0.25, 0.3) is 11.1 Å². The van der Waals surface area contributed by atoms with Gasteiger partial charge in [-0.25, -0.2) is 0 Å². The Morgan fingerprint density at radius 1 is 0.833 bits per heavy atom. The molecule has 0 aromatic heterocycles. The van der Waals surface area contributed by atoms with Gasteiger partial charge in [-0.2, -0.15) is 13.2 Å². The molecule has 2 nitrogen and oxygen atoms in total. The van der Waals surface area contributed by atoms with Crippen molar-refractivity contribution in [1.29, 1.82) is 0 Å². The molecule has 0 bridgehead atoms. The number of hydrogen-bond donors (Lipinski definition) is 2. The van der Waals surface area contributed by atoms with Gasteiger partial charge in [-0.15, -0.1) is 0 Å². The van der Waals surface area contributed by atoms with Gasteiger partial charge in [0.05, 0.1) is 11.3 Å². The second kappa shape index (κ2) is 4.25. The zero-order valence-electron chi connectivity index (χ0n) is 9.33. The van der Waals surface area contributed by atoms with E-state index in [-0.39, 0.29) is 5.69 Å². The summed E-state index contributed by atoms with van der Waals surface area (Å²) in [5, 5.41) is 0. The van der Waals surface area contributed by atoms with Gasteiger partial charge in [-0.1, -0.05) is 24.3 Å². The highest BCUT2D eigenvalue weighted by molar-refractivity contribution is 5.79. The first-order chi connectivity index (χ1) is 8.39. The van der Waals surface area contributed by atoms with Crippen molar-refractivity contribution >= 4 is 11.4 Å². The van der Waals surface area contributed by atoms with E-state index in [1.165, 1.54) is 6.07 Å². The molecule has 0 aliphatic carbocycles. The summed E-state index contributed by atoms with van der Waals surface area (Å²) >= 11 is 0. The zero-order chi connectivity index (χ0) is 13.3. The van der Waals surface area contributed by atoms with Crippen LogP contribution in [0.2, 0.25) is 0 Å². The van der Waals surface area contributed by atoms with Crippen LogP contribution in [0.1, 0.15) is 5.56 Å². The molecule has 2 aromatic rings. The first kappa shape index (κ1) is 12.3. The summed E-state index contributed by atoms with van der Waals surface area (Å²) in [6.07, 6.45) is -4.45. The SMILES string of the molecule is Nc1ccc(-c2cccc(C(F)(F)F)c2N)cc1. The van der Waals surface area contributed by atoms with Crippen LogP contribution in [-0.2, 0) is 6.18 Å². The Morgan fingerprint density at radius 2 is 1.44 bits per heavy atom. The van der Waals surface area contributed by atoms with E-state index in [0.717, 1.165) is 6.07 Å². The van der Waals surface area contributed by atoms with E-state index < -0.39 is 11.7 Å². The molecule has 0 fully saturated rings. The van der Waals surface area contributed by atoms with Gasteiger partial charge in [-0.3, -0.25) is 0 Å². The summed E-state index contributed by atoms with van der Waals surface area (Å²) in [5.74, 6) is 0. The molecule has 0 saturated carbocycles. The van der Waals surface area contributed by atoms with Crippen LogP contribution in [0.15, 0.2) is 42.5 Å². The summed E-state index contributed by atoms with van der Waals surface area (Å²) < 4.78 is 38.1. The summed E-state index contributed by atoms with van der Waals surface area (Å²) in [5.41, 5.74) is 11.5. The zero-order valence-corrected chi connectivity index (χ0v) is 9.33. The standard InChI is InChI=1S/C13H11F3N2/c14-13(15,16)11-3-1-2-10(12(11)18)8-4-6-9(17)7-5-8/h1-7H,17-18H2. The maximum atomic E-state index is 12.7. The number of hydrogen-bond acceptors (Lipinski definition) is 2. The van der Waals surface area contributed by atoms with Crippen molar-refractivity contribution in [3.63, 3.8) is 0 Å². The summed E-state index contributed by atoms with van der Waals surface area (Å²) in [7, 11) is 0. The molecular formula is C13H11F3N2. The Balaban J connectivity index is 2.56. The molecule has 94 valence electrons. The lowest BCUT2D eigenvalue weighted by atomic mass is 10.00. The van der Waals surface area contributed by atoms with Crippen molar-refractivity contribution in [3.8, 4) is 11.1 Å². The van der Waals surface area contributed by atoms with E-state index in [1.807, 2.05) is 0 Å². The average molecular weight is 252 g/mol. The first-order valence-corrected chi connectivity index (χ1v) is 5.21. The number of para-hydroxylation sites is 1. The highest BCUT2D eigenvalue weighted by Gasteiger charge is 2.33. The minimum absolute atomic E-state index is 0.269. The van der Waals surface area contributed by atoms with Crippen molar-refractivity contribution in [1.82, 2.24) is 0 Å². The Kier molecular flexibility index (Phi) is 2.90. The van der Waals surface area contributed by atoms with E-state index in [4.69, 9.17) is 11.5 Å². The predicted octanol–water partition coefficient (Wildman–Crippen LogP) is 3.54. The van der Waals surface area contributed by atoms with Gasteiger partial charge in [0.15, 0.2) is 0 Å². The van der Waals surface area contributed by atoms with Crippen LogP contribution in [0, 0.1) is 0 Å². The van der Waals surface area contributed by atoms with Crippen LogP contribution in [-0.4, -0.2) is 0 Å². The lowest BCUT2D eigenvalue weighted by molar-refractivity contribution is -0.136. The maximum Gasteiger partial charge on any atom is 0.418 e. The molecule has 0 heterocycles. The minimum Gasteiger partial charge on any atom is -0.399 e. The van der Waals surface area contributed by atoms with E-state index >= 15 is 0 Å². The third-order valence-electron chi connectivity index (χ3n) is 2.63. The number of nitrogen functional groups attached to an aromatic ring is 2. The molecule has 0 saturated heterocycles. The third kappa shape index (κ3) is 2.25. The van der Waals surface area contributed by atoms with Crippen LogP contribution >= 0.6 is 0 Å². The molecule has 0 aliphatic rings. The van der Waals surface area contributed by atoms with E-state index in [0.29, 0.717) is 16.8 Å². The minimum atomic E-state index is -4.45. The van der Waals surface area contributed by atoms with Crippen LogP contribution in [0.5, 0.6) is 0 Å². The van der Waals surface area contributed by atoms with E-state index in [1.54, 1.807) is 30.3 Å². The van der Waals surface area contributed by atoms with Crippen molar-refractivity contribution in [2.45, 2.75) is 6.18 Å². The molecule has 0 unspecified atom stereocenters. The van der Waals surface area contributed by atoms with Gasteiger partial charge in [0.1, 0.15) is 0 Å². The third-order valence-corrected chi connectivity index (χ3v) is 2.63. The van der Waals surface area contributed by atoms with Crippen LogP contribution in [0.3, 0.4) is 0 Å². The lowest BCUT2D eigenvalue weighted by Gasteiger charge is -2.13. The number of alkyl halides is 3. The molecule has 0 spiro atoms. The van der Waals surface area contributed by atoms with Gasteiger partial charge in [-0.05, 0) is 23.8 Å². The molecule has 4 N–H and O–H groups in total. The van der Waals surface area contributed by atoms with Crippen LogP contribution < -0.4 is 11.5 Å². The van der Waals surface area contributed by atoms with Crippen molar-refractivity contribution in [3.05, 3.63) is 48.0 Å². The Morgan fingerprint density at radius 3 is 2.00 bits per heavy atom. The van der Waals surface area contributed by atoms with Gasteiger partial charge in [0.25, 0.3) is 0 Å². The fourth-order valence-electron chi connectivity index (χ4n) is 1.73. The molecular weight excluding hydrogens is 241 g/mol. The maximum absolute atomic E-state index is 12.7. The normalized spacial score (nSPS) is 11.5. The Hall–Kier alpha value is -2.17. The summed E-state index contributed by atoms with van der Waals surface area (Å²) in [4.78, 5) is 0. The molecule has 0 aliphatic heterocycles. The van der Waals surface area contributed by atoms with Gasteiger partial charge >= 0.3 is 6.18 Å². The highest BCUT2D eigenvalue weighted by atomic mass is 19.4.